The van der Waals surface area contributed by atoms with Crippen molar-refractivity contribution < 1.29 is 19.4 Å². The quantitative estimate of drug-likeness (QED) is 0.799. The normalized spacial score (nSPS) is 11.7. The zero-order valence-corrected chi connectivity index (χ0v) is 12.6. The largest absolute Gasteiger partial charge is 0.489 e. The van der Waals surface area contributed by atoms with Gasteiger partial charge in [0.1, 0.15) is 12.4 Å². The Hall–Kier alpha value is -2.33. The van der Waals surface area contributed by atoms with Crippen LogP contribution < -0.4 is 4.74 Å². The van der Waals surface area contributed by atoms with Gasteiger partial charge in [-0.3, -0.25) is 0 Å². The molecule has 0 saturated carbocycles. The highest BCUT2D eigenvalue weighted by atomic mass is 16.5. The van der Waals surface area contributed by atoms with Crippen molar-refractivity contribution in [3.8, 4) is 5.75 Å². The van der Waals surface area contributed by atoms with E-state index >= 15 is 0 Å². The van der Waals surface area contributed by atoms with Gasteiger partial charge in [-0.1, -0.05) is 42.5 Å². The maximum Gasteiger partial charge on any atom is 0.335 e. The molecule has 1 atom stereocenters. The molecule has 0 aliphatic carbocycles. The summed E-state index contributed by atoms with van der Waals surface area (Å²) >= 11 is 0. The molecule has 4 nitrogen and oxygen atoms in total. The van der Waals surface area contributed by atoms with E-state index < -0.39 is 12.1 Å². The first-order valence-corrected chi connectivity index (χ1v) is 7.29. The van der Waals surface area contributed by atoms with E-state index in [4.69, 9.17) is 9.47 Å². The Morgan fingerprint density at radius 3 is 2.36 bits per heavy atom. The van der Waals surface area contributed by atoms with Gasteiger partial charge >= 0.3 is 5.97 Å². The van der Waals surface area contributed by atoms with Gasteiger partial charge in [0.15, 0.2) is 6.10 Å². The molecule has 2 aromatic carbocycles. The van der Waals surface area contributed by atoms with Crippen molar-refractivity contribution in [2.45, 2.75) is 26.1 Å². The number of aliphatic hydroxyl groups is 1. The van der Waals surface area contributed by atoms with Crippen LogP contribution >= 0.6 is 0 Å². The molecular weight excluding hydrogens is 280 g/mol. The molecule has 0 unspecified atom stereocenters. The van der Waals surface area contributed by atoms with Crippen molar-refractivity contribution in [1.82, 2.24) is 0 Å². The number of esters is 1. The molecule has 0 saturated heterocycles. The molecule has 0 aliphatic rings. The summed E-state index contributed by atoms with van der Waals surface area (Å²) in [7, 11) is 0. The van der Waals surface area contributed by atoms with E-state index in [-0.39, 0.29) is 13.0 Å². The van der Waals surface area contributed by atoms with Crippen LogP contribution in [0, 0.1) is 0 Å². The summed E-state index contributed by atoms with van der Waals surface area (Å²) in [5, 5.41) is 9.72. The van der Waals surface area contributed by atoms with Gasteiger partial charge in [-0.25, -0.2) is 4.79 Å². The molecule has 0 aromatic heterocycles. The van der Waals surface area contributed by atoms with Crippen molar-refractivity contribution in [3.63, 3.8) is 0 Å². The lowest BCUT2D eigenvalue weighted by molar-refractivity contribution is -0.152. The third-order valence-electron chi connectivity index (χ3n) is 3.16. The fraction of sp³-hybridized carbons (Fsp3) is 0.278. The predicted octanol–water partition coefficient (Wildman–Crippen LogP) is 2.73. The Labute approximate surface area is 130 Å². The van der Waals surface area contributed by atoms with Crippen LogP contribution in [-0.4, -0.2) is 23.8 Å². The standard InChI is InChI=1S/C18H20O4/c1-2-21-18(20)17(19)12-14-8-10-16(11-9-14)22-13-15-6-4-3-5-7-15/h3-11,17,19H,2,12-13H2,1H3/t17-/m1/s1. The Kier molecular flexibility index (Phi) is 5.98. The van der Waals surface area contributed by atoms with Gasteiger partial charge in [0.05, 0.1) is 6.61 Å². The highest BCUT2D eigenvalue weighted by Gasteiger charge is 2.16. The number of ether oxygens (including phenoxy) is 2. The Balaban J connectivity index is 1.86. The van der Waals surface area contributed by atoms with Crippen LogP contribution in [0.5, 0.6) is 5.75 Å². The number of aliphatic hydroxyl groups excluding tert-OH is 1. The van der Waals surface area contributed by atoms with E-state index in [1.54, 1.807) is 6.92 Å². The second kappa shape index (κ2) is 8.20. The van der Waals surface area contributed by atoms with E-state index in [9.17, 15) is 9.90 Å². The van der Waals surface area contributed by atoms with Crippen molar-refractivity contribution in [2.24, 2.45) is 0 Å². The third-order valence-corrected chi connectivity index (χ3v) is 3.16. The molecule has 1 N–H and O–H groups in total. The molecule has 2 aromatic rings. The molecular formula is C18H20O4. The van der Waals surface area contributed by atoms with Crippen molar-refractivity contribution >= 4 is 5.97 Å². The molecule has 116 valence electrons. The average Bonchev–Trinajstić information content (AvgIpc) is 2.55. The van der Waals surface area contributed by atoms with E-state index in [2.05, 4.69) is 0 Å². The van der Waals surface area contributed by atoms with Crippen molar-refractivity contribution in [1.29, 1.82) is 0 Å². The minimum absolute atomic E-state index is 0.234. The Morgan fingerprint density at radius 2 is 1.73 bits per heavy atom. The molecule has 0 fully saturated rings. The number of carbonyl (C=O) groups excluding carboxylic acids is 1. The molecule has 0 spiro atoms. The van der Waals surface area contributed by atoms with Crippen LogP contribution in [0.2, 0.25) is 0 Å². The van der Waals surface area contributed by atoms with Crippen LogP contribution in [0.15, 0.2) is 54.6 Å². The highest BCUT2D eigenvalue weighted by Crippen LogP contribution is 2.15. The number of hydrogen-bond donors (Lipinski definition) is 1. The summed E-state index contributed by atoms with van der Waals surface area (Å²) in [4.78, 5) is 11.4. The highest BCUT2D eigenvalue weighted by molar-refractivity contribution is 5.74. The van der Waals surface area contributed by atoms with E-state index in [1.165, 1.54) is 0 Å². The van der Waals surface area contributed by atoms with Crippen LogP contribution in [0.1, 0.15) is 18.1 Å². The third kappa shape index (κ3) is 4.90. The summed E-state index contributed by atoms with van der Waals surface area (Å²) in [6.07, 6.45) is -0.895. The van der Waals surface area contributed by atoms with Crippen LogP contribution in [-0.2, 0) is 22.6 Å². The molecule has 0 amide bonds. The average molecular weight is 300 g/mol. The van der Waals surface area contributed by atoms with E-state index in [1.807, 2.05) is 54.6 Å². The molecule has 0 radical (unpaired) electrons. The Morgan fingerprint density at radius 1 is 1.05 bits per heavy atom. The van der Waals surface area contributed by atoms with Gasteiger partial charge in [0, 0.05) is 6.42 Å². The first-order chi connectivity index (χ1) is 10.7. The summed E-state index contributed by atoms with van der Waals surface area (Å²) in [5.41, 5.74) is 1.96. The first kappa shape index (κ1) is 16.0. The van der Waals surface area contributed by atoms with Gasteiger partial charge in [0.2, 0.25) is 0 Å². The molecule has 0 aliphatic heterocycles. The number of rotatable bonds is 7. The fourth-order valence-electron chi connectivity index (χ4n) is 2.01. The minimum atomic E-state index is -1.13. The number of hydrogen-bond acceptors (Lipinski definition) is 4. The molecule has 2 rings (SSSR count). The summed E-state index contributed by atoms with van der Waals surface area (Å²) in [5.74, 6) is 0.158. The van der Waals surface area contributed by atoms with Crippen molar-refractivity contribution in [2.75, 3.05) is 6.61 Å². The van der Waals surface area contributed by atoms with Gasteiger partial charge in [-0.2, -0.15) is 0 Å². The van der Waals surface area contributed by atoms with Gasteiger partial charge in [-0.15, -0.1) is 0 Å². The SMILES string of the molecule is CCOC(=O)[C@H](O)Cc1ccc(OCc2ccccc2)cc1. The van der Waals surface area contributed by atoms with E-state index in [0.717, 1.165) is 16.9 Å². The zero-order valence-electron chi connectivity index (χ0n) is 12.6. The Bertz CT molecular complexity index is 578. The lowest BCUT2D eigenvalue weighted by Gasteiger charge is -2.10. The lowest BCUT2D eigenvalue weighted by atomic mass is 10.1. The fourth-order valence-corrected chi connectivity index (χ4v) is 2.01. The molecule has 22 heavy (non-hydrogen) atoms. The second-order valence-corrected chi connectivity index (χ2v) is 4.89. The van der Waals surface area contributed by atoms with Crippen LogP contribution in [0.25, 0.3) is 0 Å². The predicted molar refractivity (Wildman–Crippen MR) is 83.6 cm³/mol. The lowest BCUT2D eigenvalue weighted by Crippen LogP contribution is -2.25. The second-order valence-electron chi connectivity index (χ2n) is 4.89. The summed E-state index contributed by atoms with van der Waals surface area (Å²) in [6.45, 7) is 2.48. The van der Waals surface area contributed by atoms with Gasteiger partial charge < -0.3 is 14.6 Å². The van der Waals surface area contributed by atoms with Gasteiger partial charge in [-0.05, 0) is 30.2 Å². The monoisotopic (exact) mass is 300 g/mol. The number of carbonyl (C=O) groups is 1. The van der Waals surface area contributed by atoms with Crippen LogP contribution in [0.3, 0.4) is 0 Å². The maximum absolute atomic E-state index is 11.4. The minimum Gasteiger partial charge on any atom is -0.489 e. The summed E-state index contributed by atoms with van der Waals surface area (Å²) < 4.78 is 10.5. The smallest absolute Gasteiger partial charge is 0.335 e. The zero-order chi connectivity index (χ0) is 15.8. The first-order valence-electron chi connectivity index (χ1n) is 7.29. The topological polar surface area (TPSA) is 55.8 Å². The maximum atomic E-state index is 11.4. The van der Waals surface area contributed by atoms with Crippen molar-refractivity contribution in [3.05, 3.63) is 65.7 Å². The summed E-state index contributed by atoms with van der Waals surface area (Å²) in [6, 6.07) is 17.2. The molecule has 0 bridgehead atoms. The number of benzene rings is 2. The van der Waals surface area contributed by atoms with Crippen LogP contribution in [0.4, 0.5) is 0 Å². The molecule has 0 heterocycles. The van der Waals surface area contributed by atoms with E-state index in [0.29, 0.717) is 6.61 Å². The molecule has 4 heteroatoms. The van der Waals surface area contributed by atoms with Gasteiger partial charge in [0.25, 0.3) is 0 Å².